The molecular weight excluding hydrogens is 218 g/mol. The summed E-state index contributed by atoms with van der Waals surface area (Å²) in [7, 11) is 0. The van der Waals surface area contributed by atoms with Crippen molar-refractivity contribution in [2.45, 2.75) is 12.8 Å². The van der Waals surface area contributed by atoms with Gasteiger partial charge in [-0.15, -0.1) is 0 Å². The van der Waals surface area contributed by atoms with E-state index in [4.69, 9.17) is 5.73 Å². The van der Waals surface area contributed by atoms with Crippen LogP contribution < -0.4 is 5.73 Å². The van der Waals surface area contributed by atoms with Crippen LogP contribution in [-0.4, -0.2) is 5.91 Å². The predicted molar refractivity (Wildman–Crippen MR) is 51.7 cm³/mol. The van der Waals surface area contributed by atoms with Gasteiger partial charge in [-0.2, -0.15) is 0 Å². The van der Waals surface area contributed by atoms with E-state index in [1.165, 1.54) is 0 Å². The molecule has 3 heteroatoms. The molecule has 2 N–H and O–H groups in total. The van der Waals surface area contributed by atoms with E-state index in [1.807, 2.05) is 24.3 Å². The molecule has 0 atom stereocenters. The molecule has 0 fully saturated rings. The Morgan fingerprint density at radius 1 is 1.50 bits per heavy atom. The molecule has 0 heterocycles. The SMILES string of the molecule is NC(=O)CCc1cccc(Br)c1. The van der Waals surface area contributed by atoms with Gasteiger partial charge >= 0.3 is 0 Å². The highest BCUT2D eigenvalue weighted by atomic mass is 79.9. The summed E-state index contributed by atoms with van der Waals surface area (Å²) >= 11 is 3.35. The highest BCUT2D eigenvalue weighted by Crippen LogP contribution is 2.12. The van der Waals surface area contributed by atoms with Crippen LogP contribution in [0.25, 0.3) is 0 Å². The summed E-state index contributed by atoms with van der Waals surface area (Å²) in [5.41, 5.74) is 6.16. The zero-order chi connectivity index (χ0) is 8.97. The molecule has 0 bridgehead atoms. The monoisotopic (exact) mass is 227 g/mol. The van der Waals surface area contributed by atoms with Gasteiger partial charge in [-0.25, -0.2) is 0 Å². The zero-order valence-corrected chi connectivity index (χ0v) is 8.17. The Balaban J connectivity index is 2.57. The second kappa shape index (κ2) is 4.26. The van der Waals surface area contributed by atoms with Crippen LogP contribution in [0.5, 0.6) is 0 Å². The van der Waals surface area contributed by atoms with E-state index in [0.717, 1.165) is 16.5 Å². The number of rotatable bonds is 3. The lowest BCUT2D eigenvalue weighted by atomic mass is 10.1. The van der Waals surface area contributed by atoms with E-state index >= 15 is 0 Å². The number of amides is 1. The standard InChI is InChI=1S/C9H10BrNO/c10-8-3-1-2-7(6-8)4-5-9(11)12/h1-3,6H,4-5H2,(H2,11,12). The first-order chi connectivity index (χ1) is 5.68. The molecule has 2 nitrogen and oxygen atoms in total. The summed E-state index contributed by atoms with van der Waals surface area (Å²) in [5.74, 6) is -0.255. The van der Waals surface area contributed by atoms with Crippen molar-refractivity contribution in [1.82, 2.24) is 0 Å². The molecule has 0 aliphatic heterocycles. The van der Waals surface area contributed by atoms with Crippen LogP contribution in [0.2, 0.25) is 0 Å². The molecule has 1 aromatic rings. The Kier molecular flexibility index (Phi) is 3.29. The van der Waals surface area contributed by atoms with Crippen molar-refractivity contribution in [3.05, 3.63) is 34.3 Å². The van der Waals surface area contributed by atoms with E-state index in [-0.39, 0.29) is 5.91 Å². The van der Waals surface area contributed by atoms with Gasteiger partial charge in [-0.3, -0.25) is 4.79 Å². The van der Waals surface area contributed by atoms with Crippen molar-refractivity contribution in [3.63, 3.8) is 0 Å². The number of carbonyl (C=O) groups excluding carboxylic acids is 1. The lowest BCUT2D eigenvalue weighted by Crippen LogP contribution is -2.11. The van der Waals surface area contributed by atoms with Crippen molar-refractivity contribution in [2.24, 2.45) is 5.73 Å². The van der Waals surface area contributed by atoms with Crippen LogP contribution in [-0.2, 0) is 11.2 Å². The maximum Gasteiger partial charge on any atom is 0.217 e. The molecule has 1 rings (SSSR count). The molecule has 0 saturated carbocycles. The Morgan fingerprint density at radius 3 is 2.83 bits per heavy atom. The van der Waals surface area contributed by atoms with E-state index in [1.54, 1.807) is 0 Å². The molecule has 12 heavy (non-hydrogen) atoms. The average molecular weight is 228 g/mol. The van der Waals surface area contributed by atoms with Gasteiger partial charge in [0.15, 0.2) is 0 Å². The minimum absolute atomic E-state index is 0.255. The highest BCUT2D eigenvalue weighted by molar-refractivity contribution is 9.10. The number of hydrogen-bond acceptors (Lipinski definition) is 1. The molecule has 0 aliphatic carbocycles. The second-order valence-electron chi connectivity index (χ2n) is 2.60. The Morgan fingerprint density at radius 2 is 2.25 bits per heavy atom. The van der Waals surface area contributed by atoms with E-state index in [9.17, 15) is 4.79 Å². The van der Waals surface area contributed by atoms with Crippen molar-refractivity contribution in [1.29, 1.82) is 0 Å². The lowest BCUT2D eigenvalue weighted by molar-refractivity contribution is -0.117. The fourth-order valence-corrected chi connectivity index (χ4v) is 1.41. The van der Waals surface area contributed by atoms with Crippen LogP contribution in [0.15, 0.2) is 28.7 Å². The summed E-state index contributed by atoms with van der Waals surface area (Å²) in [6, 6.07) is 7.87. The van der Waals surface area contributed by atoms with Crippen molar-refractivity contribution >= 4 is 21.8 Å². The molecule has 64 valence electrons. The van der Waals surface area contributed by atoms with Crippen LogP contribution in [0.4, 0.5) is 0 Å². The normalized spacial score (nSPS) is 9.75. The molecule has 0 spiro atoms. The van der Waals surface area contributed by atoms with Crippen molar-refractivity contribution in [3.8, 4) is 0 Å². The first kappa shape index (κ1) is 9.26. The number of benzene rings is 1. The van der Waals surface area contributed by atoms with Gasteiger partial charge < -0.3 is 5.73 Å². The molecular formula is C9H10BrNO. The van der Waals surface area contributed by atoms with Crippen molar-refractivity contribution in [2.75, 3.05) is 0 Å². The van der Waals surface area contributed by atoms with E-state index in [0.29, 0.717) is 6.42 Å². The first-order valence-electron chi connectivity index (χ1n) is 3.71. The molecule has 0 aliphatic rings. The summed E-state index contributed by atoms with van der Waals surface area (Å²) < 4.78 is 1.03. The maximum absolute atomic E-state index is 10.5. The number of primary amides is 1. The predicted octanol–water partition coefficient (Wildman–Crippen LogP) is 1.87. The van der Waals surface area contributed by atoms with Gasteiger partial charge in [0.1, 0.15) is 0 Å². The van der Waals surface area contributed by atoms with Gasteiger partial charge in [0.2, 0.25) is 5.91 Å². The number of nitrogens with two attached hydrogens (primary N) is 1. The second-order valence-corrected chi connectivity index (χ2v) is 3.51. The van der Waals surface area contributed by atoms with Gasteiger partial charge in [-0.1, -0.05) is 28.1 Å². The summed E-state index contributed by atoms with van der Waals surface area (Å²) in [4.78, 5) is 10.5. The number of aryl methyl sites for hydroxylation is 1. The quantitative estimate of drug-likeness (QED) is 0.842. The molecule has 0 saturated heterocycles. The molecule has 1 aromatic carbocycles. The molecule has 0 radical (unpaired) electrons. The first-order valence-corrected chi connectivity index (χ1v) is 4.50. The van der Waals surface area contributed by atoms with Gasteiger partial charge in [0.05, 0.1) is 0 Å². The zero-order valence-electron chi connectivity index (χ0n) is 6.59. The minimum Gasteiger partial charge on any atom is -0.370 e. The third-order valence-corrected chi connectivity index (χ3v) is 2.04. The minimum atomic E-state index is -0.255. The molecule has 1 amide bonds. The largest absolute Gasteiger partial charge is 0.370 e. The van der Waals surface area contributed by atoms with Crippen LogP contribution in [0.1, 0.15) is 12.0 Å². The fourth-order valence-electron chi connectivity index (χ4n) is 0.960. The highest BCUT2D eigenvalue weighted by Gasteiger charge is 1.97. The van der Waals surface area contributed by atoms with Gasteiger partial charge in [-0.05, 0) is 24.1 Å². The Labute approximate surface area is 79.9 Å². The summed E-state index contributed by atoms with van der Waals surface area (Å²) in [5, 5.41) is 0. The van der Waals surface area contributed by atoms with E-state index in [2.05, 4.69) is 15.9 Å². The number of hydrogen-bond donors (Lipinski definition) is 1. The molecule has 0 aromatic heterocycles. The van der Waals surface area contributed by atoms with Gasteiger partial charge in [0.25, 0.3) is 0 Å². The maximum atomic E-state index is 10.5. The smallest absolute Gasteiger partial charge is 0.217 e. The summed E-state index contributed by atoms with van der Waals surface area (Å²) in [6.45, 7) is 0. The van der Waals surface area contributed by atoms with Crippen LogP contribution >= 0.6 is 15.9 Å². The van der Waals surface area contributed by atoms with Crippen LogP contribution in [0.3, 0.4) is 0 Å². The Bertz CT molecular complexity index is 286. The van der Waals surface area contributed by atoms with Gasteiger partial charge in [0, 0.05) is 10.9 Å². The third-order valence-electron chi connectivity index (χ3n) is 1.55. The van der Waals surface area contributed by atoms with Crippen molar-refractivity contribution < 1.29 is 4.79 Å². The van der Waals surface area contributed by atoms with E-state index < -0.39 is 0 Å². The third kappa shape index (κ3) is 3.05. The molecule has 0 unspecified atom stereocenters. The summed E-state index contributed by atoms with van der Waals surface area (Å²) in [6.07, 6.45) is 1.13. The number of halogens is 1. The Hall–Kier alpha value is -0.830. The lowest BCUT2D eigenvalue weighted by Gasteiger charge is -1.98. The topological polar surface area (TPSA) is 43.1 Å². The average Bonchev–Trinajstić information content (AvgIpc) is 2.01. The number of carbonyl (C=O) groups is 1. The van der Waals surface area contributed by atoms with Crippen LogP contribution in [0, 0.1) is 0 Å². The fraction of sp³-hybridized carbons (Fsp3) is 0.222.